The monoisotopic (exact) mass is 220 g/mol. The Morgan fingerprint density at radius 2 is 2.44 bits per heavy atom. The van der Waals surface area contributed by atoms with Crippen LogP contribution in [0.4, 0.5) is 0 Å². The summed E-state index contributed by atoms with van der Waals surface area (Å²) >= 11 is 0. The Kier molecular flexibility index (Phi) is 3.82. The van der Waals surface area contributed by atoms with Crippen molar-refractivity contribution in [2.75, 3.05) is 13.1 Å². The van der Waals surface area contributed by atoms with Crippen LogP contribution in [0.2, 0.25) is 0 Å². The highest BCUT2D eigenvalue weighted by molar-refractivity contribution is 5.91. The van der Waals surface area contributed by atoms with Crippen LogP contribution in [0.3, 0.4) is 0 Å². The van der Waals surface area contributed by atoms with Crippen molar-refractivity contribution in [3.05, 3.63) is 24.3 Å². The second kappa shape index (κ2) is 5.55. The molecule has 1 aliphatic rings. The molecule has 5 nitrogen and oxygen atoms in total. The normalized spacial score (nSPS) is 20.4. The minimum atomic E-state index is -0.152. The van der Waals surface area contributed by atoms with Gasteiger partial charge in [0, 0.05) is 25.0 Å². The first-order valence-electron chi connectivity index (χ1n) is 5.64. The molecular weight excluding hydrogens is 204 g/mol. The van der Waals surface area contributed by atoms with E-state index in [4.69, 9.17) is 0 Å². The Morgan fingerprint density at radius 1 is 1.50 bits per heavy atom. The number of nitrogens with zero attached hydrogens (tertiary/aromatic N) is 2. The summed E-state index contributed by atoms with van der Waals surface area (Å²) in [7, 11) is 0. The average molecular weight is 220 g/mol. The molecule has 0 radical (unpaired) electrons. The van der Waals surface area contributed by atoms with Crippen molar-refractivity contribution < 1.29 is 4.79 Å². The molecule has 0 saturated carbocycles. The Balaban J connectivity index is 1.79. The number of hydrogen-bond donors (Lipinski definition) is 2. The summed E-state index contributed by atoms with van der Waals surface area (Å²) in [6.45, 7) is 1.71. The van der Waals surface area contributed by atoms with Gasteiger partial charge in [0.05, 0.1) is 6.20 Å². The first-order valence-corrected chi connectivity index (χ1v) is 5.64. The third kappa shape index (κ3) is 3.00. The van der Waals surface area contributed by atoms with E-state index >= 15 is 0 Å². The molecule has 5 heteroatoms. The van der Waals surface area contributed by atoms with Crippen LogP contribution in [0.25, 0.3) is 0 Å². The first-order chi connectivity index (χ1) is 7.86. The van der Waals surface area contributed by atoms with Gasteiger partial charge in [-0.25, -0.2) is 4.98 Å². The van der Waals surface area contributed by atoms with Gasteiger partial charge in [0.15, 0.2) is 0 Å². The minimum absolute atomic E-state index is 0.152. The number of hydrogen-bond acceptors (Lipinski definition) is 4. The van der Waals surface area contributed by atoms with Crippen LogP contribution in [0.1, 0.15) is 29.8 Å². The lowest BCUT2D eigenvalue weighted by molar-refractivity contribution is 0.0942. The zero-order valence-corrected chi connectivity index (χ0v) is 9.15. The molecular formula is C11H16N4O. The zero-order chi connectivity index (χ0) is 11.2. The highest BCUT2D eigenvalue weighted by Gasteiger charge is 2.14. The molecule has 1 amide bonds. The number of piperidine rings is 1. The summed E-state index contributed by atoms with van der Waals surface area (Å²) in [4.78, 5) is 19.5. The third-order valence-electron chi connectivity index (χ3n) is 2.72. The van der Waals surface area contributed by atoms with Crippen molar-refractivity contribution in [2.45, 2.75) is 25.3 Å². The van der Waals surface area contributed by atoms with Gasteiger partial charge in [-0.2, -0.15) is 0 Å². The lowest BCUT2D eigenvalue weighted by Crippen LogP contribution is -2.43. The molecule has 0 aromatic carbocycles. The van der Waals surface area contributed by atoms with Crippen LogP contribution in [-0.4, -0.2) is 35.0 Å². The van der Waals surface area contributed by atoms with Crippen molar-refractivity contribution in [2.24, 2.45) is 0 Å². The molecule has 0 bridgehead atoms. The van der Waals surface area contributed by atoms with E-state index in [1.807, 2.05) is 0 Å². The van der Waals surface area contributed by atoms with E-state index in [0.29, 0.717) is 18.3 Å². The molecule has 0 aliphatic carbocycles. The predicted molar refractivity (Wildman–Crippen MR) is 60.0 cm³/mol. The topological polar surface area (TPSA) is 66.9 Å². The predicted octanol–water partition coefficient (Wildman–Crippen LogP) is 0.348. The molecule has 16 heavy (non-hydrogen) atoms. The maximum Gasteiger partial charge on any atom is 0.271 e. The van der Waals surface area contributed by atoms with E-state index in [1.165, 1.54) is 25.2 Å². The van der Waals surface area contributed by atoms with E-state index in [0.717, 1.165) is 13.0 Å². The summed E-state index contributed by atoms with van der Waals surface area (Å²) in [5, 5.41) is 6.24. The molecule has 1 aromatic heterocycles. The number of amides is 1. The average Bonchev–Trinajstić information content (AvgIpc) is 2.38. The molecule has 1 saturated heterocycles. The Bertz CT molecular complexity index is 335. The summed E-state index contributed by atoms with van der Waals surface area (Å²) in [6, 6.07) is 0.398. The summed E-state index contributed by atoms with van der Waals surface area (Å²) < 4.78 is 0. The maximum absolute atomic E-state index is 11.6. The minimum Gasteiger partial charge on any atom is -0.349 e. The Morgan fingerprint density at radius 3 is 3.12 bits per heavy atom. The molecule has 1 aromatic rings. The first kappa shape index (κ1) is 11.0. The summed E-state index contributed by atoms with van der Waals surface area (Å²) in [5.41, 5.74) is 0.373. The van der Waals surface area contributed by atoms with Gasteiger partial charge in [0.2, 0.25) is 0 Å². The van der Waals surface area contributed by atoms with Crippen LogP contribution in [0.15, 0.2) is 18.6 Å². The third-order valence-corrected chi connectivity index (χ3v) is 2.72. The molecule has 2 heterocycles. The highest BCUT2D eigenvalue weighted by atomic mass is 16.1. The van der Waals surface area contributed by atoms with E-state index in [9.17, 15) is 4.79 Å². The van der Waals surface area contributed by atoms with Crippen LogP contribution < -0.4 is 10.6 Å². The van der Waals surface area contributed by atoms with Crippen LogP contribution >= 0.6 is 0 Å². The standard InChI is InChI=1S/C11H16N4O/c16-11(10-8-12-5-6-14-10)15-7-9-3-1-2-4-13-9/h5-6,8-9,13H,1-4,7H2,(H,15,16)/t9-/m1/s1. The van der Waals surface area contributed by atoms with E-state index < -0.39 is 0 Å². The molecule has 1 fully saturated rings. The van der Waals surface area contributed by atoms with Gasteiger partial charge in [-0.3, -0.25) is 9.78 Å². The molecule has 0 unspecified atom stereocenters. The van der Waals surface area contributed by atoms with Crippen LogP contribution in [0.5, 0.6) is 0 Å². The van der Waals surface area contributed by atoms with Crippen LogP contribution in [0, 0.1) is 0 Å². The fourth-order valence-electron chi connectivity index (χ4n) is 1.82. The van der Waals surface area contributed by atoms with Crippen molar-refractivity contribution >= 4 is 5.91 Å². The lowest BCUT2D eigenvalue weighted by atomic mass is 10.1. The number of carbonyl (C=O) groups is 1. The fourth-order valence-corrected chi connectivity index (χ4v) is 1.82. The van der Waals surface area contributed by atoms with E-state index in [1.54, 1.807) is 6.20 Å². The number of rotatable bonds is 3. The second-order valence-electron chi connectivity index (χ2n) is 3.95. The van der Waals surface area contributed by atoms with Gasteiger partial charge in [-0.05, 0) is 19.4 Å². The smallest absolute Gasteiger partial charge is 0.271 e. The molecule has 1 aliphatic heterocycles. The molecule has 86 valence electrons. The van der Waals surface area contributed by atoms with Crippen molar-refractivity contribution in [3.63, 3.8) is 0 Å². The van der Waals surface area contributed by atoms with Gasteiger partial charge in [-0.1, -0.05) is 6.42 Å². The molecule has 0 spiro atoms. The Hall–Kier alpha value is -1.49. The zero-order valence-electron chi connectivity index (χ0n) is 9.15. The molecule has 2 N–H and O–H groups in total. The van der Waals surface area contributed by atoms with Gasteiger partial charge in [-0.15, -0.1) is 0 Å². The van der Waals surface area contributed by atoms with Crippen molar-refractivity contribution in [1.29, 1.82) is 0 Å². The summed E-state index contributed by atoms with van der Waals surface area (Å²) in [5.74, 6) is -0.152. The fraction of sp³-hybridized carbons (Fsp3) is 0.545. The Labute approximate surface area is 94.7 Å². The summed E-state index contributed by atoms with van der Waals surface area (Å²) in [6.07, 6.45) is 8.14. The SMILES string of the molecule is O=C(NC[C@H]1CCCCN1)c1cnccn1. The van der Waals surface area contributed by atoms with Gasteiger partial charge in [0.25, 0.3) is 5.91 Å². The maximum atomic E-state index is 11.6. The molecule has 1 atom stereocenters. The van der Waals surface area contributed by atoms with Gasteiger partial charge >= 0.3 is 0 Å². The van der Waals surface area contributed by atoms with Crippen molar-refractivity contribution in [1.82, 2.24) is 20.6 Å². The van der Waals surface area contributed by atoms with Crippen LogP contribution in [-0.2, 0) is 0 Å². The lowest BCUT2D eigenvalue weighted by Gasteiger charge is -2.23. The number of nitrogens with one attached hydrogen (secondary N) is 2. The second-order valence-corrected chi connectivity index (χ2v) is 3.95. The van der Waals surface area contributed by atoms with Gasteiger partial charge in [0.1, 0.15) is 5.69 Å². The largest absolute Gasteiger partial charge is 0.349 e. The number of aromatic nitrogens is 2. The van der Waals surface area contributed by atoms with E-state index in [2.05, 4.69) is 20.6 Å². The quantitative estimate of drug-likeness (QED) is 0.771. The van der Waals surface area contributed by atoms with Crippen molar-refractivity contribution in [3.8, 4) is 0 Å². The highest BCUT2D eigenvalue weighted by Crippen LogP contribution is 2.05. The number of carbonyl (C=O) groups excluding carboxylic acids is 1. The van der Waals surface area contributed by atoms with Gasteiger partial charge < -0.3 is 10.6 Å². The van der Waals surface area contributed by atoms with E-state index in [-0.39, 0.29) is 5.91 Å². The molecule has 2 rings (SSSR count).